The lowest BCUT2D eigenvalue weighted by Gasteiger charge is -2.17. The van der Waals surface area contributed by atoms with E-state index in [2.05, 4.69) is 16.0 Å². The molecule has 3 N–H and O–H groups in total. The van der Waals surface area contributed by atoms with Gasteiger partial charge in [0.25, 0.3) is 5.91 Å². The van der Waals surface area contributed by atoms with Gasteiger partial charge in [0.1, 0.15) is 11.5 Å². The number of urea groups is 1. The Bertz CT molecular complexity index is 505. The van der Waals surface area contributed by atoms with Gasteiger partial charge in [0, 0.05) is 25.2 Å². The van der Waals surface area contributed by atoms with E-state index in [-0.39, 0.29) is 0 Å². The molecule has 0 radical (unpaired) electrons. The lowest BCUT2D eigenvalue weighted by atomic mass is 10.2. The summed E-state index contributed by atoms with van der Waals surface area (Å²) in [5.41, 5.74) is 0.887. The molecule has 1 atom stereocenters. The van der Waals surface area contributed by atoms with E-state index < -0.39 is 18.0 Å². The fourth-order valence-corrected chi connectivity index (χ4v) is 1.63. The highest BCUT2D eigenvalue weighted by atomic mass is 16.5. The minimum atomic E-state index is -0.815. The number of imide groups is 1. The lowest BCUT2D eigenvalue weighted by Crippen LogP contribution is -2.44. The predicted molar refractivity (Wildman–Crippen MR) is 78.4 cm³/mol. The molecule has 0 heterocycles. The number of amides is 3. The molecule has 0 fully saturated rings. The first-order valence-electron chi connectivity index (χ1n) is 6.52. The van der Waals surface area contributed by atoms with Gasteiger partial charge in [0.15, 0.2) is 6.10 Å². The first-order chi connectivity index (χ1) is 10.0. The summed E-state index contributed by atoms with van der Waals surface area (Å²) in [6.45, 7) is 2.16. The van der Waals surface area contributed by atoms with Gasteiger partial charge in [0.05, 0.1) is 7.11 Å². The number of ether oxygens (including phenoxy) is 2. The quantitative estimate of drug-likeness (QED) is 0.716. The number of methoxy groups -OCH3 is 1. The summed E-state index contributed by atoms with van der Waals surface area (Å²) in [5, 5.41) is 7.50. The maximum atomic E-state index is 11.8. The number of benzene rings is 1. The average Bonchev–Trinajstić information content (AvgIpc) is 2.48. The second kappa shape index (κ2) is 8.11. The van der Waals surface area contributed by atoms with Crippen LogP contribution in [0.25, 0.3) is 0 Å². The van der Waals surface area contributed by atoms with Crippen molar-refractivity contribution in [2.24, 2.45) is 0 Å². The van der Waals surface area contributed by atoms with Crippen molar-refractivity contribution < 1.29 is 19.1 Å². The Morgan fingerprint density at radius 3 is 2.57 bits per heavy atom. The van der Waals surface area contributed by atoms with Crippen LogP contribution in [0.4, 0.5) is 4.79 Å². The number of hydrogen-bond acceptors (Lipinski definition) is 5. The summed E-state index contributed by atoms with van der Waals surface area (Å²) < 4.78 is 10.8. The van der Waals surface area contributed by atoms with E-state index >= 15 is 0 Å². The molecule has 0 aromatic heterocycles. The maximum Gasteiger partial charge on any atom is 0.321 e. The van der Waals surface area contributed by atoms with Gasteiger partial charge in [-0.1, -0.05) is 6.07 Å². The molecule has 1 unspecified atom stereocenters. The predicted octanol–water partition coefficient (Wildman–Crippen LogP) is 0.638. The van der Waals surface area contributed by atoms with Crippen molar-refractivity contribution in [3.05, 3.63) is 23.8 Å². The lowest BCUT2D eigenvalue weighted by molar-refractivity contribution is -0.126. The van der Waals surface area contributed by atoms with Gasteiger partial charge in [-0.15, -0.1) is 0 Å². The van der Waals surface area contributed by atoms with Gasteiger partial charge in [0.2, 0.25) is 0 Å². The molecular formula is C14H21N3O4. The Kier molecular flexibility index (Phi) is 6.48. The van der Waals surface area contributed by atoms with Crippen molar-refractivity contribution in [2.45, 2.75) is 19.6 Å². The normalized spacial score (nSPS) is 11.4. The molecule has 116 valence electrons. The van der Waals surface area contributed by atoms with Crippen LogP contribution in [0.15, 0.2) is 18.2 Å². The van der Waals surface area contributed by atoms with Crippen LogP contribution in [-0.2, 0) is 11.3 Å². The average molecular weight is 295 g/mol. The Balaban J connectivity index is 2.84. The number of carbonyl (C=O) groups excluding carboxylic acids is 2. The Labute approximate surface area is 124 Å². The number of nitrogens with one attached hydrogen (secondary N) is 3. The van der Waals surface area contributed by atoms with Crippen molar-refractivity contribution in [2.75, 3.05) is 21.2 Å². The Morgan fingerprint density at radius 2 is 2.00 bits per heavy atom. The monoisotopic (exact) mass is 295 g/mol. The van der Waals surface area contributed by atoms with Crippen LogP contribution in [0.1, 0.15) is 12.5 Å². The van der Waals surface area contributed by atoms with E-state index in [9.17, 15) is 9.59 Å². The molecule has 0 bridgehead atoms. The standard InChI is InChI=1S/C14H21N3O4/c1-9(13(18)17-14(19)16-3)21-12-7-11(20-4)6-5-10(12)8-15-2/h5-7,9,15H,8H2,1-4H3,(H2,16,17,18,19). The fraction of sp³-hybridized carbons (Fsp3) is 0.429. The number of carbonyl (C=O) groups is 2. The minimum absolute atomic E-state index is 0.521. The van der Waals surface area contributed by atoms with Crippen LogP contribution < -0.4 is 25.4 Å². The second-order valence-electron chi connectivity index (χ2n) is 4.33. The molecule has 0 saturated heterocycles. The number of rotatable bonds is 6. The van der Waals surface area contributed by atoms with Gasteiger partial charge >= 0.3 is 6.03 Å². The maximum absolute atomic E-state index is 11.8. The van der Waals surface area contributed by atoms with Crippen molar-refractivity contribution in [1.82, 2.24) is 16.0 Å². The zero-order valence-corrected chi connectivity index (χ0v) is 12.6. The van der Waals surface area contributed by atoms with E-state index in [4.69, 9.17) is 9.47 Å². The second-order valence-corrected chi connectivity index (χ2v) is 4.33. The minimum Gasteiger partial charge on any atom is -0.497 e. The van der Waals surface area contributed by atoms with Crippen molar-refractivity contribution in [3.63, 3.8) is 0 Å². The Hall–Kier alpha value is -2.28. The Morgan fingerprint density at radius 1 is 1.29 bits per heavy atom. The van der Waals surface area contributed by atoms with Crippen LogP contribution in [0, 0.1) is 0 Å². The van der Waals surface area contributed by atoms with Crippen LogP contribution >= 0.6 is 0 Å². The highest BCUT2D eigenvalue weighted by Crippen LogP contribution is 2.25. The SMILES string of the molecule is CNCc1ccc(OC)cc1OC(C)C(=O)NC(=O)NC. The summed E-state index contributed by atoms with van der Waals surface area (Å²) in [6, 6.07) is 4.80. The molecule has 21 heavy (non-hydrogen) atoms. The topological polar surface area (TPSA) is 88.7 Å². The van der Waals surface area contributed by atoms with E-state index in [0.29, 0.717) is 18.0 Å². The molecule has 1 aromatic carbocycles. The molecule has 0 aliphatic rings. The van der Waals surface area contributed by atoms with E-state index in [1.54, 1.807) is 20.1 Å². The molecule has 7 heteroatoms. The van der Waals surface area contributed by atoms with Crippen molar-refractivity contribution in [3.8, 4) is 11.5 Å². The molecular weight excluding hydrogens is 274 g/mol. The summed E-state index contributed by atoms with van der Waals surface area (Å²) in [4.78, 5) is 22.9. The van der Waals surface area contributed by atoms with Gasteiger partial charge in [-0.05, 0) is 20.0 Å². The zero-order valence-electron chi connectivity index (χ0n) is 12.6. The molecule has 3 amide bonds. The van der Waals surface area contributed by atoms with Crippen molar-refractivity contribution >= 4 is 11.9 Å². The molecule has 0 saturated carbocycles. The highest BCUT2D eigenvalue weighted by Gasteiger charge is 2.18. The van der Waals surface area contributed by atoms with Crippen LogP contribution in [0.5, 0.6) is 11.5 Å². The van der Waals surface area contributed by atoms with Gasteiger partial charge < -0.3 is 20.1 Å². The van der Waals surface area contributed by atoms with Gasteiger partial charge in [-0.2, -0.15) is 0 Å². The molecule has 1 aromatic rings. The molecule has 1 rings (SSSR count). The van der Waals surface area contributed by atoms with Gasteiger partial charge in [-0.25, -0.2) is 4.79 Å². The third kappa shape index (κ3) is 4.96. The van der Waals surface area contributed by atoms with Crippen molar-refractivity contribution in [1.29, 1.82) is 0 Å². The van der Waals surface area contributed by atoms with Crippen LogP contribution in [-0.4, -0.2) is 39.2 Å². The first kappa shape index (κ1) is 16.8. The van der Waals surface area contributed by atoms with E-state index in [1.165, 1.54) is 7.05 Å². The van der Waals surface area contributed by atoms with Crippen LogP contribution in [0.3, 0.4) is 0 Å². The summed E-state index contributed by atoms with van der Waals surface area (Å²) in [7, 11) is 4.80. The third-order valence-electron chi connectivity index (χ3n) is 2.78. The molecule has 0 spiro atoms. The van der Waals surface area contributed by atoms with Crippen LogP contribution in [0.2, 0.25) is 0 Å². The molecule has 0 aliphatic carbocycles. The molecule has 0 aliphatic heterocycles. The third-order valence-corrected chi connectivity index (χ3v) is 2.78. The largest absolute Gasteiger partial charge is 0.497 e. The fourth-order valence-electron chi connectivity index (χ4n) is 1.63. The first-order valence-corrected chi connectivity index (χ1v) is 6.52. The molecule has 7 nitrogen and oxygen atoms in total. The highest BCUT2D eigenvalue weighted by molar-refractivity contribution is 5.96. The smallest absolute Gasteiger partial charge is 0.321 e. The summed E-state index contributed by atoms with van der Waals surface area (Å²) >= 11 is 0. The summed E-state index contributed by atoms with van der Waals surface area (Å²) in [5.74, 6) is 0.639. The summed E-state index contributed by atoms with van der Waals surface area (Å²) in [6.07, 6.45) is -0.815. The van der Waals surface area contributed by atoms with E-state index in [0.717, 1.165) is 5.56 Å². The van der Waals surface area contributed by atoms with E-state index in [1.807, 2.05) is 19.2 Å². The zero-order chi connectivity index (χ0) is 15.8. The number of hydrogen-bond donors (Lipinski definition) is 3. The van der Waals surface area contributed by atoms with Gasteiger partial charge in [-0.3, -0.25) is 10.1 Å².